The highest BCUT2D eigenvalue weighted by molar-refractivity contribution is 5.85. The van der Waals surface area contributed by atoms with Crippen LogP contribution in [0.3, 0.4) is 0 Å². The summed E-state index contributed by atoms with van der Waals surface area (Å²) in [6.45, 7) is 9.17. The largest absolute Gasteiger partial charge is 0.212 e. The number of aromatic nitrogens is 1. The van der Waals surface area contributed by atoms with Crippen LogP contribution in [0.15, 0.2) is 54.7 Å². The second-order valence-corrected chi connectivity index (χ2v) is 7.53. The summed E-state index contributed by atoms with van der Waals surface area (Å²) in [5.74, 6) is 0. The van der Waals surface area contributed by atoms with Crippen molar-refractivity contribution in [3.8, 4) is 22.4 Å². The van der Waals surface area contributed by atoms with Crippen LogP contribution in [0, 0.1) is 13.8 Å². The molecule has 1 aliphatic rings. The molecule has 120 valence electrons. The zero-order chi connectivity index (χ0) is 17.1. The molecule has 1 heteroatoms. The van der Waals surface area contributed by atoms with Crippen LogP contribution in [0.4, 0.5) is 0 Å². The Morgan fingerprint density at radius 3 is 2.33 bits per heavy atom. The van der Waals surface area contributed by atoms with Gasteiger partial charge in [-0.1, -0.05) is 38.1 Å². The molecule has 0 atom stereocenters. The summed E-state index contributed by atoms with van der Waals surface area (Å²) < 4.78 is 2.20. The maximum absolute atomic E-state index is 2.42. The molecule has 0 amide bonds. The van der Waals surface area contributed by atoms with Crippen LogP contribution >= 0.6 is 0 Å². The van der Waals surface area contributed by atoms with Gasteiger partial charge in [-0.25, -0.2) is 4.57 Å². The molecular formula is C23H24N+. The molecule has 0 N–H and O–H groups in total. The van der Waals surface area contributed by atoms with Crippen molar-refractivity contribution < 1.29 is 4.57 Å². The van der Waals surface area contributed by atoms with Crippen molar-refractivity contribution in [3.05, 3.63) is 77.0 Å². The Morgan fingerprint density at radius 2 is 1.58 bits per heavy atom. The number of benzene rings is 2. The van der Waals surface area contributed by atoms with Crippen molar-refractivity contribution in [1.29, 1.82) is 0 Å². The van der Waals surface area contributed by atoms with Crippen LogP contribution in [0.25, 0.3) is 22.4 Å². The first-order valence-electron chi connectivity index (χ1n) is 8.62. The minimum atomic E-state index is 0.0474. The number of hydrogen-bond acceptors (Lipinski definition) is 0. The minimum absolute atomic E-state index is 0.0474. The molecule has 1 heterocycles. The first-order chi connectivity index (χ1) is 11.4. The van der Waals surface area contributed by atoms with E-state index >= 15 is 0 Å². The van der Waals surface area contributed by atoms with Gasteiger partial charge in [-0.2, -0.15) is 0 Å². The highest BCUT2D eigenvalue weighted by Gasteiger charge is 2.37. The maximum atomic E-state index is 2.42. The molecule has 2 aromatic carbocycles. The smallest absolute Gasteiger partial charge is 0.201 e. The SMILES string of the molecule is Cc1cc2c(cc1-c1cccc[n+]1C)C(C)(C)c1c(C)cccc1-2. The van der Waals surface area contributed by atoms with Gasteiger partial charge in [-0.15, -0.1) is 0 Å². The summed E-state index contributed by atoms with van der Waals surface area (Å²) in [5, 5.41) is 0. The molecule has 0 fully saturated rings. The average Bonchev–Trinajstić information content (AvgIpc) is 2.76. The Bertz CT molecular complexity index is 964. The molecule has 0 spiro atoms. The van der Waals surface area contributed by atoms with Crippen molar-refractivity contribution >= 4 is 0 Å². The molecule has 0 saturated carbocycles. The molecule has 0 saturated heterocycles. The predicted octanol–water partition coefficient (Wildman–Crippen LogP) is 5.10. The lowest BCUT2D eigenvalue weighted by molar-refractivity contribution is -0.660. The van der Waals surface area contributed by atoms with E-state index in [4.69, 9.17) is 0 Å². The third-order valence-electron chi connectivity index (χ3n) is 5.56. The molecule has 1 aromatic heterocycles. The van der Waals surface area contributed by atoms with E-state index in [1.807, 2.05) is 0 Å². The van der Waals surface area contributed by atoms with Crippen molar-refractivity contribution in [2.45, 2.75) is 33.1 Å². The van der Waals surface area contributed by atoms with E-state index in [0.29, 0.717) is 0 Å². The van der Waals surface area contributed by atoms with Crippen LogP contribution in [-0.2, 0) is 12.5 Å². The Balaban J connectivity index is 2.02. The van der Waals surface area contributed by atoms with Gasteiger partial charge in [0.1, 0.15) is 7.05 Å². The van der Waals surface area contributed by atoms with Crippen molar-refractivity contribution in [1.82, 2.24) is 0 Å². The first-order valence-corrected chi connectivity index (χ1v) is 8.62. The van der Waals surface area contributed by atoms with Crippen LogP contribution in [-0.4, -0.2) is 0 Å². The molecule has 24 heavy (non-hydrogen) atoms. The van der Waals surface area contributed by atoms with Crippen LogP contribution < -0.4 is 4.57 Å². The molecule has 1 nitrogen and oxygen atoms in total. The van der Waals surface area contributed by atoms with E-state index in [0.717, 1.165) is 0 Å². The Labute approximate surface area is 144 Å². The summed E-state index contributed by atoms with van der Waals surface area (Å²) in [6, 6.07) is 17.9. The number of pyridine rings is 1. The Kier molecular flexibility index (Phi) is 3.18. The van der Waals surface area contributed by atoms with E-state index in [-0.39, 0.29) is 5.41 Å². The third kappa shape index (κ3) is 1.97. The lowest BCUT2D eigenvalue weighted by atomic mass is 9.79. The number of aryl methyl sites for hydroxylation is 3. The van der Waals surface area contributed by atoms with Gasteiger partial charge in [-0.3, -0.25) is 0 Å². The number of nitrogens with zero attached hydrogens (tertiary/aromatic N) is 1. The van der Waals surface area contributed by atoms with Crippen molar-refractivity contribution in [2.24, 2.45) is 7.05 Å². The standard InChI is InChI=1S/C23H24N/c1-15-9-8-10-17-19-13-16(2)18(21-11-6-7-12-24(21)5)14-20(19)23(3,4)22(15)17/h6-14H,1-5H3/q+1. The lowest BCUT2D eigenvalue weighted by Gasteiger charge is -2.23. The summed E-state index contributed by atoms with van der Waals surface area (Å²) in [5.41, 5.74) is 11.1. The highest BCUT2D eigenvalue weighted by atomic mass is 14.9. The van der Waals surface area contributed by atoms with E-state index in [1.165, 1.54) is 44.6 Å². The fraction of sp³-hybridized carbons (Fsp3) is 0.261. The van der Waals surface area contributed by atoms with Gasteiger partial charge in [0.2, 0.25) is 5.69 Å². The molecule has 4 rings (SSSR count). The average molecular weight is 314 g/mol. The van der Waals surface area contributed by atoms with Crippen LogP contribution in [0.5, 0.6) is 0 Å². The van der Waals surface area contributed by atoms with E-state index in [1.54, 1.807) is 0 Å². The summed E-state index contributed by atoms with van der Waals surface area (Å²) in [4.78, 5) is 0. The first kappa shape index (κ1) is 15.1. The summed E-state index contributed by atoms with van der Waals surface area (Å²) >= 11 is 0. The number of fused-ring (bicyclic) bond motifs is 3. The Hall–Kier alpha value is -2.41. The van der Waals surface area contributed by atoms with Gasteiger partial charge in [0.15, 0.2) is 6.20 Å². The van der Waals surface area contributed by atoms with Crippen LogP contribution in [0.2, 0.25) is 0 Å². The zero-order valence-electron chi connectivity index (χ0n) is 15.1. The normalized spacial score (nSPS) is 14.4. The van der Waals surface area contributed by atoms with Crippen molar-refractivity contribution in [2.75, 3.05) is 0 Å². The highest BCUT2D eigenvalue weighted by Crippen LogP contribution is 2.51. The van der Waals surface area contributed by atoms with E-state index in [2.05, 4.69) is 94.0 Å². The molecule has 3 aromatic rings. The van der Waals surface area contributed by atoms with Gasteiger partial charge in [0.05, 0.1) is 0 Å². The van der Waals surface area contributed by atoms with E-state index in [9.17, 15) is 0 Å². The third-order valence-corrected chi connectivity index (χ3v) is 5.56. The predicted molar refractivity (Wildman–Crippen MR) is 100 cm³/mol. The van der Waals surface area contributed by atoms with Gasteiger partial charge in [0.25, 0.3) is 0 Å². The molecular weight excluding hydrogens is 290 g/mol. The fourth-order valence-electron chi connectivity index (χ4n) is 4.38. The second-order valence-electron chi connectivity index (χ2n) is 7.53. The maximum Gasteiger partial charge on any atom is 0.212 e. The summed E-state index contributed by atoms with van der Waals surface area (Å²) in [6.07, 6.45) is 2.12. The van der Waals surface area contributed by atoms with Gasteiger partial charge in [0, 0.05) is 23.1 Å². The second kappa shape index (κ2) is 5.04. The molecule has 0 bridgehead atoms. The zero-order valence-corrected chi connectivity index (χ0v) is 15.1. The number of rotatable bonds is 1. The molecule has 1 aliphatic carbocycles. The Morgan fingerprint density at radius 1 is 0.792 bits per heavy atom. The lowest BCUT2D eigenvalue weighted by Crippen LogP contribution is -2.30. The monoisotopic (exact) mass is 314 g/mol. The van der Waals surface area contributed by atoms with Gasteiger partial charge < -0.3 is 0 Å². The number of hydrogen-bond donors (Lipinski definition) is 0. The van der Waals surface area contributed by atoms with Gasteiger partial charge in [-0.05, 0) is 59.4 Å². The molecule has 0 unspecified atom stereocenters. The minimum Gasteiger partial charge on any atom is -0.201 e. The fourth-order valence-corrected chi connectivity index (χ4v) is 4.38. The topological polar surface area (TPSA) is 3.88 Å². The molecule has 0 aliphatic heterocycles. The van der Waals surface area contributed by atoms with E-state index < -0.39 is 0 Å². The summed E-state index contributed by atoms with van der Waals surface area (Å²) in [7, 11) is 2.12. The van der Waals surface area contributed by atoms with Gasteiger partial charge >= 0.3 is 0 Å². The molecule has 0 radical (unpaired) electrons. The van der Waals surface area contributed by atoms with Crippen LogP contribution in [0.1, 0.15) is 36.1 Å². The van der Waals surface area contributed by atoms with Crippen molar-refractivity contribution in [3.63, 3.8) is 0 Å². The quantitative estimate of drug-likeness (QED) is 0.550.